The third-order valence-electron chi connectivity index (χ3n) is 4.32. The Bertz CT molecular complexity index is 375. The van der Waals surface area contributed by atoms with Gasteiger partial charge in [-0.25, -0.2) is 0 Å². The summed E-state index contributed by atoms with van der Waals surface area (Å²) in [6.45, 7) is 6.55. The highest BCUT2D eigenvalue weighted by atomic mass is 16.3. The van der Waals surface area contributed by atoms with E-state index in [1.54, 1.807) is 0 Å². The highest BCUT2D eigenvalue weighted by Crippen LogP contribution is 2.41. The second-order valence-electron chi connectivity index (χ2n) is 5.77. The summed E-state index contributed by atoms with van der Waals surface area (Å²) in [7, 11) is 0. The summed E-state index contributed by atoms with van der Waals surface area (Å²) in [4.78, 5) is 0. The van der Waals surface area contributed by atoms with E-state index in [0.717, 1.165) is 17.0 Å². The van der Waals surface area contributed by atoms with E-state index in [2.05, 4.69) is 32.9 Å². The van der Waals surface area contributed by atoms with Crippen LogP contribution in [-0.4, -0.2) is 5.11 Å². The standard InChI is InChI=1S/C16H24O/c1-11(2)14-9-6-10-15(16(14)17)12(3)13-7-4-5-8-13/h6,9-13,17H,4-5,7-8H2,1-3H3. The van der Waals surface area contributed by atoms with Crippen molar-refractivity contribution in [3.8, 4) is 5.75 Å². The van der Waals surface area contributed by atoms with Gasteiger partial charge in [0.1, 0.15) is 5.75 Å². The number of para-hydroxylation sites is 1. The van der Waals surface area contributed by atoms with Crippen LogP contribution in [0.1, 0.15) is 69.4 Å². The summed E-state index contributed by atoms with van der Waals surface area (Å²) >= 11 is 0. The van der Waals surface area contributed by atoms with Gasteiger partial charge in [-0.3, -0.25) is 0 Å². The van der Waals surface area contributed by atoms with Gasteiger partial charge >= 0.3 is 0 Å². The average Bonchev–Trinajstić information content (AvgIpc) is 2.81. The van der Waals surface area contributed by atoms with Gasteiger partial charge in [0.05, 0.1) is 0 Å². The Balaban J connectivity index is 2.28. The molecule has 0 bridgehead atoms. The number of aromatic hydroxyl groups is 1. The van der Waals surface area contributed by atoms with E-state index in [4.69, 9.17) is 0 Å². The van der Waals surface area contributed by atoms with Crippen molar-refractivity contribution in [1.82, 2.24) is 0 Å². The molecule has 0 aromatic heterocycles. The van der Waals surface area contributed by atoms with Crippen LogP contribution in [0.5, 0.6) is 5.75 Å². The quantitative estimate of drug-likeness (QED) is 0.793. The summed E-state index contributed by atoms with van der Waals surface area (Å²) in [6, 6.07) is 6.24. The van der Waals surface area contributed by atoms with Crippen LogP contribution >= 0.6 is 0 Å². The molecule has 0 heterocycles. The summed E-state index contributed by atoms with van der Waals surface area (Å²) in [5.41, 5.74) is 2.25. The predicted octanol–water partition coefficient (Wildman–Crippen LogP) is 4.81. The van der Waals surface area contributed by atoms with Crippen molar-refractivity contribution < 1.29 is 5.11 Å². The monoisotopic (exact) mass is 232 g/mol. The molecule has 1 nitrogen and oxygen atoms in total. The van der Waals surface area contributed by atoms with Gasteiger partial charge in [0, 0.05) is 0 Å². The normalized spacial score (nSPS) is 18.8. The lowest BCUT2D eigenvalue weighted by molar-refractivity contribution is 0.417. The van der Waals surface area contributed by atoms with Crippen LogP contribution < -0.4 is 0 Å². The first-order chi connectivity index (χ1) is 8.11. The maximum Gasteiger partial charge on any atom is 0.122 e. The number of phenolic OH excluding ortho intramolecular Hbond substituents is 1. The van der Waals surface area contributed by atoms with E-state index >= 15 is 0 Å². The molecule has 0 amide bonds. The maximum absolute atomic E-state index is 10.4. The third-order valence-corrected chi connectivity index (χ3v) is 4.32. The van der Waals surface area contributed by atoms with Crippen molar-refractivity contribution >= 4 is 0 Å². The number of benzene rings is 1. The number of phenols is 1. The van der Waals surface area contributed by atoms with Gasteiger partial charge in [0.25, 0.3) is 0 Å². The van der Waals surface area contributed by atoms with Crippen molar-refractivity contribution in [2.45, 2.75) is 58.3 Å². The fraction of sp³-hybridized carbons (Fsp3) is 0.625. The Morgan fingerprint density at radius 2 is 1.65 bits per heavy atom. The second kappa shape index (κ2) is 5.12. The molecular weight excluding hydrogens is 208 g/mol. The lowest BCUT2D eigenvalue weighted by atomic mass is 9.84. The molecule has 1 aliphatic rings. The highest BCUT2D eigenvalue weighted by Gasteiger charge is 2.25. The minimum atomic E-state index is 0.394. The predicted molar refractivity (Wildman–Crippen MR) is 72.6 cm³/mol. The summed E-state index contributed by atoms with van der Waals surface area (Å²) in [6.07, 6.45) is 5.37. The van der Waals surface area contributed by atoms with Crippen molar-refractivity contribution in [3.63, 3.8) is 0 Å². The van der Waals surface area contributed by atoms with Crippen LogP contribution in [-0.2, 0) is 0 Å². The zero-order valence-corrected chi connectivity index (χ0v) is 11.2. The van der Waals surface area contributed by atoms with Crippen LogP contribution in [0.4, 0.5) is 0 Å². The molecule has 1 heteroatoms. The van der Waals surface area contributed by atoms with Gasteiger partial charge in [-0.05, 0) is 41.7 Å². The third kappa shape index (κ3) is 2.48. The molecule has 1 aromatic rings. The van der Waals surface area contributed by atoms with Gasteiger partial charge in [0.15, 0.2) is 0 Å². The van der Waals surface area contributed by atoms with E-state index < -0.39 is 0 Å². The molecule has 1 saturated carbocycles. The first kappa shape index (κ1) is 12.5. The molecule has 94 valence electrons. The van der Waals surface area contributed by atoms with Crippen molar-refractivity contribution in [2.24, 2.45) is 5.92 Å². The summed E-state index contributed by atoms with van der Waals surface area (Å²) < 4.78 is 0. The van der Waals surface area contributed by atoms with Crippen LogP contribution in [0.2, 0.25) is 0 Å². The Morgan fingerprint density at radius 1 is 1.06 bits per heavy atom. The van der Waals surface area contributed by atoms with Crippen molar-refractivity contribution in [1.29, 1.82) is 0 Å². The fourth-order valence-corrected chi connectivity index (χ4v) is 3.12. The average molecular weight is 232 g/mol. The maximum atomic E-state index is 10.4. The van der Waals surface area contributed by atoms with Crippen LogP contribution in [0, 0.1) is 5.92 Å². The van der Waals surface area contributed by atoms with E-state index in [-0.39, 0.29) is 0 Å². The zero-order valence-electron chi connectivity index (χ0n) is 11.2. The lowest BCUT2D eigenvalue weighted by Crippen LogP contribution is -2.07. The van der Waals surface area contributed by atoms with E-state index in [9.17, 15) is 5.11 Å². The lowest BCUT2D eigenvalue weighted by Gasteiger charge is -2.22. The molecular formula is C16H24O. The molecule has 0 saturated heterocycles. The Kier molecular flexibility index (Phi) is 3.76. The van der Waals surface area contributed by atoms with Gasteiger partial charge in [0.2, 0.25) is 0 Å². The van der Waals surface area contributed by atoms with Crippen LogP contribution in [0.25, 0.3) is 0 Å². The molecule has 1 N–H and O–H groups in total. The van der Waals surface area contributed by atoms with Gasteiger partial charge in [-0.15, -0.1) is 0 Å². The molecule has 17 heavy (non-hydrogen) atoms. The molecule has 2 rings (SSSR count). The Hall–Kier alpha value is -0.980. The van der Waals surface area contributed by atoms with Crippen molar-refractivity contribution in [3.05, 3.63) is 29.3 Å². The van der Waals surface area contributed by atoms with Gasteiger partial charge in [-0.1, -0.05) is 51.8 Å². The molecule has 0 aliphatic heterocycles. The second-order valence-corrected chi connectivity index (χ2v) is 5.77. The molecule has 0 radical (unpaired) electrons. The van der Waals surface area contributed by atoms with Crippen molar-refractivity contribution in [2.75, 3.05) is 0 Å². The Morgan fingerprint density at radius 3 is 2.24 bits per heavy atom. The molecule has 1 fully saturated rings. The molecule has 1 aliphatic carbocycles. The molecule has 1 unspecified atom stereocenters. The minimum Gasteiger partial charge on any atom is -0.507 e. The highest BCUT2D eigenvalue weighted by molar-refractivity contribution is 5.44. The molecule has 1 atom stereocenters. The van der Waals surface area contributed by atoms with E-state index in [0.29, 0.717) is 17.6 Å². The summed E-state index contributed by atoms with van der Waals surface area (Å²) in [5.74, 6) is 2.20. The number of hydrogen-bond acceptors (Lipinski definition) is 1. The Labute approximate surface area is 105 Å². The zero-order chi connectivity index (χ0) is 12.4. The van der Waals surface area contributed by atoms with E-state index in [1.807, 2.05) is 6.07 Å². The molecule has 0 spiro atoms. The first-order valence-electron chi connectivity index (χ1n) is 6.93. The van der Waals surface area contributed by atoms with Crippen LogP contribution in [0.15, 0.2) is 18.2 Å². The minimum absolute atomic E-state index is 0.394. The van der Waals surface area contributed by atoms with E-state index in [1.165, 1.54) is 25.7 Å². The fourth-order valence-electron chi connectivity index (χ4n) is 3.12. The number of hydrogen-bond donors (Lipinski definition) is 1. The largest absolute Gasteiger partial charge is 0.507 e. The van der Waals surface area contributed by atoms with Crippen LogP contribution in [0.3, 0.4) is 0 Å². The number of rotatable bonds is 3. The topological polar surface area (TPSA) is 20.2 Å². The SMILES string of the molecule is CC(C)c1cccc(C(C)C2CCCC2)c1O. The summed E-state index contributed by atoms with van der Waals surface area (Å²) in [5, 5.41) is 10.4. The van der Waals surface area contributed by atoms with Gasteiger partial charge < -0.3 is 5.11 Å². The molecule has 1 aromatic carbocycles. The smallest absolute Gasteiger partial charge is 0.122 e. The first-order valence-corrected chi connectivity index (χ1v) is 6.93. The van der Waals surface area contributed by atoms with Gasteiger partial charge in [-0.2, -0.15) is 0 Å².